The van der Waals surface area contributed by atoms with Gasteiger partial charge in [-0.2, -0.15) is 10.2 Å². The Labute approximate surface area is 105 Å². The Morgan fingerprint density at radius 1 is 0.722 bits per heavy atom. The van der Waals surface area contributed by atoms with Crippen LogP contribution in [-0.2, 0) is 0 Å². The molecular weight excluding hydrogens is 228 g/mol. The van der Waals surface area contributed by atoms with Gasteiger partial charge in [0.2, 0.25) is 0 Å². The molecule has 0 saturated carbocycles. The van der Waals surface area contributed by atoms with E-state index in [1.807, 2.05) is 60.7 Å². The predicted octanol–water partition coefficient (Wildman–Crippen LogP) is 3.13. The topological polar surface area (TPSA) is 93.8 Å². The Hall–Kier alpha value is -2.69. The van der Waals surface area contributed by atoms with Crippen molar-refractivity contribution in [3.05, 3.63) is 60.7 Å². The highest BCUT2D eigenvalue weighted by Gasteiger charge is 1.86. The van der Waals surface area contributed by atoms with E-state index in [1.54, 1.807) is 0 Å². The summed E-state index contributed by atoms with van der Waals surface area (Å²) >= 11 is 0. The number of carbonyl (C=O) groups excluding carboxylic acids is 1. The summed E-state index contributed by atoms with van der Waals surface area (Å²) in [5.41, 5.74) is 10.2. The van der Waals surface area contributed by atoms with E-state index in [1.165, 1.54) is 0 Å². The first-order chi connectivity index (χ1) is 8.68. The Morgan fingerprint density at radius 2 is 1.00 bits per heavy atom. The van der Waals surface area contributed by atoms with Gasteiger partial charge in [-0.15, -0.1) is 0 Å². The van der Waals surface area contributed by atoms with E-state index in [0.717, 1.165) is 11.4 Å². The first kappa shape index (κ1) is 13.4. The van der Waals surface area contributed by atoms with Crippen LogP contribution in [0.1, 0.15) is 0 Å². The van der Waals surface area contributed by atoms with Crippen molar-refractivity contribution in [3.8, 4) is 0 Å². The summed E-state index contributed by atoms with van der Waals surface area (Å²) in [4.78, 5) is 9.00. The average Bonchev–Trinajstić information content (AvgIpc) is 2.38. The number of rotatable bonds is 2. The summed E-state index contributed by atoms with van der Waals surface area (Å²) < 4.78 is 0. The van der Waals surface area contributed by atoms with Crippen LogP contribution in [0.25, 0.3) is 0 Å². The number of nitrogens with two attached hydrogens (primary N) is 2. The molecule has 92 valence electrons. The highest BCUT2D eigenvalue weighted by molar-refractivity contribution is 5.69. The minimum Gasteiger partial charge on any atom is -0.352 e. The lowest BCUT2D eigenvalue weighted by molar-refractivity contribution is 0.256. The minimum absolute atomic E-state index is 0.833. The molecule has 5 nitrogen and oxygen atoms in total. The number of urea groups is 1. The molecule has 0 bridgehead atoms. The van der Waals surface area contributed by atoms with Crippen LogP contribution in [0.15, 0.2) is 70.9 Å². The van der Waals surface area contributed by atoms with Gasteiger partial charge in [0.25, 0.3) is 0 Å². The Morgan fingerprint density at radius 3 is 1.28 bits per heavy atom. The zero-order valence-electron chi connectivity index (χ0n) is 9.73. The maximum atomic E-state index is 9.00. The molecule has 0 aliphatic heterocycles. The first-order valence-electron chi connectivity index (χ1n) is 5.25. The smallest absolute Gasteiger partial charge is 0.309 e. The Kier molecular flexibility index (Phi) is 5.62. The summed E-state index contributed by atoms with van der Waals surface area (Å²) in [6.07, 6.45) is 0. The first-order valence-corrected chi connectivity index (χ1v) is 5.25. The molecule has 0 heterocycles. The van der Waals surface area contributed by atoms with Gasteiger partial charge in [-0.1, -0.05) is 36.4 Å². The fourth-order valence-electron chi connectivity index (χ4n) is 1.10. The number of nitrogens with zero attached hydrogens (tertiary/aromatic N) is 2. The average molecular weight is 242 g/mol. The second-order valence-corrected chi connectivity index (χ2v) is 3.27. The maximum Gasteiger partial charge on any atom is 0.309 e. The van der Waals surface area contributed by atoms with Gasteiger partial charge in [-0.05, 0) is 24.3 Å². The second kappa shape index (κ2) is 7.56. The van der Waals surface area contributed by atoms with Crippen LogP contribution in [0.4, 0.5) is 16.2 Å². The van der Waals surface area contributed by atoms with E-state index >= 15 is 0 Å². The molecule has 0 fully saturated rings. The number of primary amides is 2. The van der Waals surface area contributed by atoms with Crippen molar-refractivity contribution >= 4 is 17.4 Å². The van der Waals surface area contributed by atoms with Crippen LogP contribution in [0.3, 0.4) is 0 Å². The van der Waals surface area contributed by atoms with E-state index in [2.05, 4.69) is 21.7 Å². The molecule has 2 rings (SSSR count). The van der Waals surface area contributed by atoms with E-state index in [9.17, 15) is 0 Å². The number of azo groups is 1. The molecule has 2 amide bonds. The molecule has 4 N–H and O–H groups in total. The lowest BCUT2D eigenvalue weighted by Crippen LogP contribution is -2.18. The predicted molar refractivity (Wildman–Crippen MR) is 70.8 cm³/mol. The van der Waals surface area contributed by atoms with Gasteiger partial charge < -0.3 is 11.5 Å². The summed E-state index contributed by atoms with van der Waals surface area (Å²) in [6, 6.07) is 18.6. The van der Waals surface area contributed by atoms with Crippen molar-refractivity contribution in [2.24, 2.45) is 21.7 Å². The van der Waals surface area contributed by atoms with Gasteiger partial charge in [0.15, 0.2) is 0 Å². The van der Waals surface area contributed by atoms with Crippen LogP contribution in [0, 0.1) is 0 Å². The van der Waals surface area contributed by atoms with Crippen LogP contribution >= 0.6 is 0 Å². The monoisotopic (exact) mass is 242 g/mol. The molecule has 0 radical (unpaired) electrons. The lowest BCUT2D eigenvalue weighted by atomic mass is 10.3. The third kappa shape index (κ3) is 6.02. The van der Waals surface area contributed by atoms with Crippen LogP contribution in [0.5, 0.6) is 0 Å². The molecule has 0 atom stereocenters. The molecule has 18 heavy (non-hydrogen) atoms. The quantitative estimate of drug-likeness (QED) is 0.777. The second-order valence-electron chi connectivity index (χ2n) is 3.27. The molecule has 0 aliphatic carbocycles. The summed E-state index contributed by atoms with van der Waals surface area (Å²) in [5, 5.41) is 8.20. The lowest BCUT2D eigenvalue weighted by Gasteiger charge is -1.91. The van der Waals surface area contributed by atoms with Gasteiger partial charge >= 0.3 is 6.03 Å². The molecule has 0 aliphatic rings. The Bertz CT molecular complexity index is 451. The van der Waals surface area contributed by atoms with Crippen LogP contribution < -0.4 is 11.5 Å². The zero-order chi connectivity index (χ0) is 13.2. The highest BCUT2D eigenvalue weighted by Crippen LogP contribution is 2.16. The van der Waals surface area contributed by atoms with Crippen molar-refractivity contribution in [1.29, 1.82) is 0 Å². The van der Waals surface area contributed by atoms with Crippen molar-refractivity contribution in [2.75, 3.05) is 0 Å². The van der Waals surface area contributed by atoms with Crippen molar-refractivity contribution in [2.45, 2.75) is 0 Å². The highest BCUT2D eigenvalue weighted by atomic mass is 16.2. The molecule has 0 spiro atoms. The van der Waals surface area contributed by atoms with Crippen molar-refractivity contribution < 1.29 is 4.79 Å². The van der Waals surface area contributed by atoms with E-state index in [-0.39, 0.29) is 0 Å². The molecule has 5 heteroatoms. The van der Waals surface area contributed by atoms with Gasteiger partial charge in [-0.3, -0.25) is 0 Å². The SMILES string of the molecule is NC(N)=O.c1ccc(N=Nc2ccccc2)cc1. The molecule has 0 saturated heterocycles. The molecule has 2 aromatic rings. The minimum atomic E-state index is -0.833. The summed E-state index contributed by atoms with van der Waals surface area (Å²) in [5.74, 6) is 0. The maximum absolute atomic E-state index is 9.00. The van der Waals surface area contributed by atoms with Crippen molar-refractivity contribution in [3.63, 3.8) is 0 Å². The van der Waals surface area contributed by atoms with E-state index < -0.39 is 6.03 Å². The fraction of sp³-hybridized carbons (Fsp3) is 0. The van der Waals surface area contributed by atoms with Gasteiger partial charge in [0, 0.05) is 0 Å². The largest absolute Gasteiger partial charge is 0.352 e. The fourth-order valence-corrected chi connectivity index (χ4v) is 1.10. The summed E-state index contributed by atoms with van der Waals surface area (Å²) in [7, 11) is 0. The third-order valence-electron chi connectivity index (χ3n) is 1.79. The molecule has 2 aromatic carbocycles. The van der Waals surface area contributed by atoms with Crippen molar-refractivity contribution in [1.82, 2.24) is 0 Å². The van der Waals surface area contributed by atoms with E-state index in [4.69, 9.17) is 4.79 Å². The standard InChI is InChI=1S/C12H10N2.CH4N2O/c1-3-7-11(8-4-1)13-14-12-9-5-2-6-10-12;2-1(3)4/h1-10H;(H4,2,3,4). The van der Waals surface area contributed by atoms with Crippen LogP contribution in [-0.4, -0.2) is 6.03 Å². The summed E-state index contributed by atoms with van der Waals surface area (Å²) in [6.45, 7) is 0. The van der Waals surface area contributed by atoms with Gasteiger partial charge in [0.1, 0.15) is 0 Å². The van der Waals surface area contributed by atoms with E-state index in [0.29, 0.717) is 0 Å². The molecular formula is C13H14N4O. The number of carbonyl (C=O) groups is 1. The number of benzene rings is 2. The number of hydrogen-bond acceptors (Lipinski definition) is 3. The normalized spacial score (nSPS) is 9.56. The zero-order valence-corrected chi connectivity index (χ0v) is 9.73. The number of hydrogen-bond donors (Lipinski definition) is 2. The Balaban J connectivity index is 0.000000357. The number of amides is 2. The van der Waals surface area contributed by atoms with Gasteiger partial charge in [-0.25, -0.2) is 4.79 Å². The molecule has 0 unspecified atom stereocenters. The van der Waals surface area contributed by atoms with Gasteiger partial charge in [0.05, 0.1) is 11.4 Å². The third-order valence-corrected chi connectivity index (χ3v) is 1.79. The molecule has 0 aromatic heterocycles. The van der Waals surface area contributed by atoms with Crippen LogP contribution in [0.2, 0.25) is 0 Å².